The quantitative estimate of drug-likeness (QED) is 0.905. The van der Waals surface area contributed by atoms with Gasteiger partial charge in [0.1, 0.15) is 29.9 Å². The maximum Gasteiger partial charge on any atom is 0.250 e. The highest BCUT2D eigenvalue weighted by molar-refractivity contribution is 6.06. The van der Waals surface area contributed by atoms with Crippen molar-refractivity contribution in [3.63, 3.8) is 0 Å². The Balaban J connectivity index is 2.37. The van der Waals surface area contributed by atoms with E-state index in [-0.39, 0.29) is 6.54 Å². The van der Waals surface area contributed by atoms with Gasteiger partial charge in [-0.15, -0.1) is 0 Å². The standard InChI is InChI=1S/C13H14F2N2O2/c1-2-4-10-13(19)17(7-11(18)16-10)12-8(14)5-3-6-9(12)15/h3,5-6,10H,2,4,7H2,1H3,(H,16,18). The average molecular weight is 268 g/mol. The summed E-state index contributed by atoms with van der Waals surface area (Å²) in [5.74, 6) is -2.59. The molecule has 19 heavy (non-hydrogen) atoms. The van der Waals surface area contributed by atoms with Gasteiger partial charge in [0, 0.05) is 0 Å². The van der Waals surface area contributed by atoms with E-state index >= 15 is 0 Å². The predicted molar refractivity (Wildman–Crippen MR) is 65.5 cm³/mol. The lowest BCUT2D eigenvalue weighted by Gasteiger charge is -2.32. The molecular formula is C13H14F2N2O2. The Labute approximate surface area is 109 Å². The Morgan fingerprint density at radius 3 is 2.53 bits per heavy atom. The number of nitrogens with one attached hydrogen (secondary N) is 1. The van der Waals surface area contributed by atoms with Gasteiger partial charge in [-0.05, 0) is 18.6 Å². The summed E-state index contributed by atoms with van der Waals surface area (Å²) in [6.07, 6.45) is 1.13. The Bertz CT molecular complexity index is 499. The number of hydrogen-bond donors (Lipinski definition) is 1. The molecule has 0 aliphatic carbocycles. The van der Waals surface area contributed by atoms with Gasteiger partial charge in [-0.2, -0.15) is 0 Å². The SMILES string of the molecule is CCCC1NC(=O)CN(c2c(F)cccc2F)C1=O. The summed E-state index contributed by atoms with van der Waals surface area (Å²) < 4.78 is 27.4. The average Bonchev–Trinajstić information content (AvgIpc) is 2.34. The van der Waals surface area contributed by atoms with Crippen molar-refractivity contribution in [3.05, 3.63) is 29.8 Å². The highest BCUT2D eigenvalue weighted by Crippen LogP contribution is 2.25. The number of piperazine rings is 1. The molecule has 0 bridgehead atoms. The normalized spacial score (nSPS) is 19.5. The fourth-order valence-corrected chi connectivity index (χ4v) is 2.13. The van der Waals surface area contributed by atoms with Crippen LogP contribution in [0.2, 0.25) is 0 Å². The molecule has 1 N–H and O–H groups in total. The van der Waals surface area contributed by atoms with Crippen LogP contribution >= 0.6 is 0 Å². The third-order valence-electron chi connectivity index (χ3n) is 2.99. The van der Waals surface area contributed by atoms with E-state index in [1.165, 1.54) is 6.07 Å². The maximum atomic E-state index is 13.7. The number of benzene rings is 1. The third kappa shape index (κ3) is 2.57. The van der Waals surface area contributed by atoms with Gasteiger partial charge in [-0.25, -0.2) is 8.78 Å². The van der Waals surface area contributed by atoms with Crippen molar-refractivity contribution < 1.29 is 18.4 Å². The van der Waals surface area contributed by atoms with Gasteiger partial charge < -0.3 is 5.32 Å². The first-order valence-electron chi connectivity index (χ1n) is 6.09. The van der Waals surface area contributed by atoms with Crippen molar-refractivity contribution in [1.29, 1.82) is 0 Å². The minimum atomic E-state index is -0.849. The molecule has 6 heteroatoms. The predicted octanol–water partition coefficient (Wildman–Crippen LogP) is 1.60. The fraction of sp³-hybridized carbons (Fsp3) is 0.385. The van der Waals surface area contributed by atoms with Gasteiger partial charge in [-0.1, -0.05) is 19.4 Å². The van der Waals surface area contributed by atoms with E-state index in [9.17, 15) is 18.4 Å². The molecule has 1 atom stereocenters. The molecule has 0 aromatic heterocycles. The second kappa shape index (κ2) is 5.34. The molecule has 1 fully saturated rings. The Morgan fingerprint density at radius 2 is 1.95 bits per heavy atom. The van der Waals surface area contributed by atoms with Crippen LogP contribution in [0.4, 0.5) is 14.5 Å². The number of carbonyl (C=O) groups is 2. The minimum Gasteiger partial charge on any atom is -0.343 e. The minimum absolute atomic E-state index is 0.364. The molecule has 1 unspecified atom stereocenters. The number of carbonyl (C=O) groups excluding carboxylic acids is 2. The first-order chi connectivity index (χ1) is 9.04. The smallest absolute Gasteiger partial charge is 0.250 e. The maximum absolute atomic E-state index is 13.7. The molecule has 2 amide bonds. The molecule has 1 heterocycles. The molecule has 0 radical (unpaired) electrons. The first-order valence-corrected chi connectivity index (χ1v) is 6.09. The summed E-state index contributed by atoms with van der Waals surface area (Å²) in [6, 6.07) is 2.62. The number of para-hydroxylation sites is 1. The van der Waals surface area contributed by atoms with Gasteiger partial charge in [0.05, 0.1) is 0 Å². The number of anilines is 1. The van der Waals surface area contributed by atoms with E-state index in [0.717, 1.165) is 17.0 Å². The van der Waals surface area contributed by atoms with Crippen molar-refractivity contribution in [3.8, 4) is 0 Å². The summed E-state index contributed by atoms with van der Waals surface area (Å²) >= 11 is 0. The van der Waals surface area contributed by atoms with Gasteiger partial charge >= 0.3 is 0 Å². The van der Waals surface area contributed by atoms with E-state index in [4.69, 9.17) is 0 Å². The van der Waals surface area contributed by atoms with Crippen molar-refractivity contribution in [1.82, 2.24) is 5.32 Å². The number of hydrogen-bond acceptors (Lipinski definition) is 2. The molecule has 2 rings (SSSR count). The summed E-state index contributed by atoms with van der Waals surface area (Å²) in [6.45, 7) is 1.50. The Hall–Kier alpha value is -1.98. The van der Waals surface area contributed by atoms with E-state index in [1.807, 2.05) is 6.92 Å². The molecule has 4 nitrogen and oxygen atoms in total. The van der Waals surface area contributed by atoms with Gasteiger partial charge in [0.15, 0.2) is 0 Å². The lowest BCUT2D eigenvalue weighted by Crippen LogP contribution is -2.58. The van der Waals surface area contributed by atoms with Crippen LogP contribution in [-0.2, 0) is 9.59 Å². The Morgan fingerprint density at radius 1 is 1.32 bits per heavy atom. The van der Waals surface area contributed by atoms with Crippen molar-refractivity contribution >= 4 is 17.5 Å². The molecular weight excluding hydrogens is 254 g/mol. The molecule has 102 valence electrons. The molecule has 1 saturated heterocycles. The van der Waals surface area contributed by atoms with Gasteiger partial charge in [-0.3, -0.25) is 14.5 Å². The van der Waals surface area contributed by atoms with E-state index in [0.29, 0.717) is 12.8 Å². The van der Waals surface area contributed by atoms with Crippen LogP contribution in [0.15, 0.2) is 18.2 Å². The molecule has 0 spiro atoms. The van der Waals surface area contributed by atoms with Crippen LogP contribution in [-0.4, -0.2) is 24.4 Å². The Kier molecular flexibility index (Phi) is 3.78. The monoisotopic (exact) mass is 268 g/mol. The highest BCUT2D eigenvalue weighted by atomic mass is 19.1. The van der Waals surface area contributed by atoms with Crippen LogP contribution in [0.3, 0.4) is 0 Å². The number of halogens is 2. The molecule has 1 aliphatic rings. The van der Waals surface area contributed by atoms with Crippen LogP contribution in [0.5, 0.6) is 0 Å². The largest absolute Gasteiger partial charge is 0.343 e. The summed E-state index contributed by atoms with van der Waals surface area (Å²) in [7, 11) is 0. The van der Waals surface area contributed by atoms with Gasteiger partial charge in [0.25, 0.3) is 0 Å². The summed E-state index contributed by atoms with van der Waals surface area (Å²) in [5, 5.41) is 2.53. The molecule has 1 aliphatic heterocycles. The summed E-state index contributed by atoms with van der Waals surface area (Å²) in [5.41, 5.74) is -0.455. The highest BCUT2D eigenvalue weighted by Gasteiger charge is 2.35. The molecule has 0 saturated carbocycles. The molecule has 1 aromatic rings. The first kappa shape index (κ1) is 13.5. The summed E-state index contributed by atoms with van der Waals surface area (Å²) in [4.78, 5) is 24.6. The van der Waals surface area contributed by atoms with Crippen molar-refractivity contribution in [2.45, 2.75) is 25.8 Å². The van der Waals surface area contributed by atoms with Gasteiger partial charge in [0.2, 0.25) is 11.8 Å². The zero-order valence-electron chi connectivity index (χ0n) is 10.5. The van der Waals surface area contributed by atoms with Crippen LogP contribution in [0, 0.1) is 11.6 Å². The van der Waals surface area contributed by atoms with Crippen molar-refractivity contribution in [2.75, 3.05) is 11.4 Å². The number of nitrogens with zero attached hydrogens (tertiary/aromatic N) is 1. The lowest BCUT2D eigenvalue weighted by molar-refractivity contribution is -0.131. The van der Waals surface area contributed by atoms with Crippen LogP contribution in [0.1, 0.15) is 19.8 Å². The third-order valence-corrected chi connectivity index (χ3v) is 2.99. The second-order valence-electron chi connectivity index (χ2n) is 4.40. The zero-order valence-corrected chi connectivity index (χ0v) is 10.5. The number of rotatable bonds is 3. The van der Waals surface area contributed by atoms with Crippen molar-refractivity contribution in [2.24, 2.45) is 0 Å². The van der Waals surface area contributed by atoms with E-state index < -0.39 is 35.2 Å². The zero-order chi connectivity index (χ0) is 14.0. The van der Waals surface area contributed by atoms with E-state index in [2.05, 4.69) is 5.32 Å². The topological polar surface area (TPSA) is 49.4 Å². The molecule has 1 aromatic carbocycles. The lowest BCUT2D eigenvalue weighted by atomic mass is 10.1. The van der Waals surface area contributed by atoms with E-state index in [1.54, 1.807) is 0 Å². The van der Waals surface area contributed by atoms with Crippen LogP contribution < -0.4 is 10.2 Å². The number of amides is 2. The second-order valence-corrected chi connectivity index (χ2v) is 4.40. The van der Waals surface area contributed by atoms with Crippen LogP contribution in [0.25, 0.3) is 0 Å². The fourth-order valence-electron chi connectivity index (χ4n) is 2.13.